The number of hydrogen-bond donors (Lipinski definition) is 1. The van der Waals surface area contributed by atoms with Crippen molar-refractivity contribution in [2.24, 2.45) is 0 Å². The van der Waals surface area contributed by atoms with Gasteiger partial charge in [0.15, 0.2) is 11.4 Å². The van der Waals surface area contributed by atoms with Crippen LogP contribution in [0.4, 0.5) is 27.6 Å². The maximum atomic E-state index is 13.7. The quantitative estimate of drug-likeness (QED) is 0.534. The van der Waals surface area contributed by atoms with Gasteiger partial charge in [-0.3, -0.25) is 9.36 Å². The van der Waals surface area contributed by atoms with Crippen LogP contribution in [-0.4, -0.2) is 15.5 Å². The van der Waals surface area contributed by atoms with Crippen LogP contribution in [0.15, 0.2) is 42.7 Å². The van der Waals surface area contributed by atoms with Crippen LogP contribution >= 0.6 is 23.2 Å². The molecule has 0 aliphatic carbocycles. The molecule has 1 amide bonds. The summed E-state index contributed by atoms with van der Waals surface area (Å²) in [5.41, 5.74) is -3.22. The largest absolute Gasteiger partial charge is 0.434 e. The number of hydrogen-bond acceptors (Lipinski definition) is 2. The number of rotatable bonds is 3. The first kappa shape index (κ1) is 20.1. The third-order valence-corrected chi connectivity index (χ3v) is 4.22. The number of benzene rings is 2. The molecule has 0 saturated heterocycles. The Labute approximate surface area is 164 Å². The van der Waals surface area contributed by atoms with Crippen LogP contribution in [0.5, 0.6) is 0 Å². The fraction of sp³-hybridized carbons (Fsp3) is 0.0588. The van der Waals surface area contributed by atoms with Crippen molar-refractivity contribution in [2.75, 3.05) is 5.32 Å². The Balaban J connectivity index is 2.10. The molecule has 3 aromatic rings. The van der Waals surface area contributed by atoms with E-state index in [1.807, 2.05) is 5.32 Å². The van der Waals surface area contributed by atoms with Gasteiger partial charge in [0.25, 0.3) is 5.91 Å². The van der Waals surface area contributed by atoms with E-state index in [1.54, 1.807) is 0 Å². The summed E-state index contributed by atoms with van der Waals surface area (Å²) in [6.07, 6.45) is -4.29. The van der Waals surface area contributed by atoms with Crippen molar-refractivity contribution < 1.29 is 26.7 Å². The summed E-state index contributed by atoms with van der Waals surface area (Å²) in [6, 6.07) is 6.25. The summed E-state index contributed by atoms with van der Waals surface area (Å²) in [7, 11) is 0. The van der Waals surface area contributed by atoms with E-state index in [4.69, 9.17) is 23.2 Å². The van der Waals surface area contributed by atoms with Crippen molar-refractivity contribution in [3.05, 3.63) is 75.8 Å². The van der Waals surface area contributed by atoms with E-state index in [9.17, 15) is 26.7 Å². The van der Waals surface area contributed by atoms with E-state index in [2.05, 4.69) is 4.98 Å². The van der Waals surface area contributed by atoms with Crippen molar-refractivity contribution in [3.63, 3.8) is 0 Å². The molecule has 0 radical (unpaired) electrons. The van der Waals surface area contributed by atoms with Crippen LogP contribution < -0.4 is 5.32 Å². The Bertz CT molecular complexity index is 1050. The van der Waals surface area contributed by atoms with Gasteiger partial charge in [0.05, 0.1) is 21.4 Å². The Morgan fingerprint density at radius 2 is 1.71 bits per heavy atom. The third-order valence-electron chi connectivity index (χ3n) is 3.61. The van der Waals surface area contributed by atoms with Gasteiger partial charge < -0.3 is 5.32 Å². The molecule has 0 saturated carbocycles. The monoisotopic (exact) mass is 435 g/mol. The average Bonchev–Trinajstić information content (AvgIpc) is 3.02. The molecule has 0 spiro atoms. The number of nitrogens with one attached hydrogen (secondary N) is 1. The van der Waals surface area contributed by atoms with Gasteiger partial charge in [-0.05, 0) is 24.3 Å². The lowest BCUT2D eigenvalue weighted by atomic mass is 10.2. The molecule has 11 heteroatoms. The lowest BCUT2D eigenvalue weighted by Gasteiger charge is -2.15. The van der Waals surface area contributed by atoms with Gasteiger partial charge in [-0.15, -0.1) is 0 Å². The summed E-state index contributed by atoms with van der Waals surface area (Å²) >= 11 is 11.9. The molecule has 28 heavy (non-hydrogen) atoms. The number of para-hydroxylation sites is 1. The topological polar surface area (TPSA) is 46.9 Å². The summed E-state index contributed by atoms with van der Waals surface area (Å²) < 4.78 is 68.2. The predicted octanol–water partition coefficient (Wildman–Crippen LogP) is 5.73. The molecule has 0 atom stereocenters. The number of aromatic nitrogens is 2. The molecular weight excluding hydrogens is 428 g/mol. The molecule has 4 nitrogen and oxygen atoms in total. The molecule has 0 aliphatic rings. The Hall–Kier alpha value is -2.65. The molecule has 1 N–H and O–H groups in total. The molecule has 2 aromatic carbocycles. The van der Waals surface area contributed by atoms with Crippen molar-refractivity contribution in [2.45, 2.75) is 6.18 Å². The van der Waals surface area contributed by atoms with E-state index in [0.29, 0.717) is 10.6 Å². The first-order valence-corrected chi connectivity index (χ1v) is 8.20. The van der Waals surface area contributed by atoms with E-state index in [0.717, 1.165) is 18.5 Å². The van der Waals surface area contributed by atoms with Crippen molar-refractivity contribution >= 4 is 34.8 Å². The highest BCUT2D eigenvalue weighted by atomic mass is 35.5. The first-order valence-electron chi connectivity index (χ1n) is 7.45. The molecule has 3 rings (SSSR count). The second-order valence-electron chi connectivity index (χ2n) is 5.46. The third kappa shape index (κ3) is 3.81. The van der Waals surface area contributed by atoms with Crippen molar-refractivity contribution in [1.82, 2.24) is 9.55 Å². The molecule has 0 fully saturated rings. The van der Waals surface area contributed by atoms with Crippen LogP contribution in [0, 0.1) is 11.6 Å². The highest BCUT2D eigenvalue weighted by molar-refractivity contribution is 6.37. The smallest absolute Gasteiger partial charge is 0.318 e. The SMILES string of the molecule is O=C(Nc1ccc(F)cc1F)c1ncn(-c2c(Cl)cccc2Cl)c1C(F)(F)F. The minimum atomic E-state index is -5.02. The fourth-order valence-corrected chi connectivity index (χ4v) is 3.03. The summed E-state index contributed by atoms with van der Waals surface area (Å²) in [6.45, 7) is 0. The molecular formula is C17H8Cl2F5N3O. The van der Waals surface area contributed by atoms with E-state index < -0.39 is 40.8 Å². The maximum Gasteiger partial charge on any atom is 0.434 e. The van der Waals surface area contributed by atoms with Crippen LogP contribution in [0.2, 0.25) is 10.0 Å². The Morgan fingerprint density at radius 1 is 1.07 bits per heavy atom. The Morgan fingerprint density at radius 3 is 2.29 bits per heavy atom. The number of amides is 1. The fourth-order valence-electron chi connectivity index (χ4n) is 2.45. The van der Waals surface area contributed by atoms with Crippen LogP contribution in [0.3, 0.4) is 0 Å². The number of nitrogens with zero attached hydrogens (tertiary/aromatic N) is 2. The predicted molar refractivity (Wildman–Crippen MR) is 92.9 cm³/mol. The second kappa shape index (κ2) is 7.40. The van der Waals surface area contributed by atoms with Gasteiger partial charge in [0.2, 0.25) is 0 Å². The van der Waals surface area contributed by atoms with E-state index >= 15 is 0 Å². The number of halogens is 7. The molecule has 0 aliphatic heterocycles. The molecule has 0 bridgehead atoms. The molecule has 1 aromatic heterocycles. The van der Waals surface area contributed by atoms with Gasteiger partial charge in [0.1, 0.15) is 18.0 Å². The first-order chi connectivity index (χ1) is 13.1. The van der Waals surface area contributed by atoms with Gasteiger partial charge in [0, 0.05) is 6.07 Å². The lowest BCUT2D eigenvalue weighted by molar-refractivity contribution is -0.142. The normalized spacial score (nSPS) is 11.5. The van der Waals surface area contributed by atoms with E-state index in [-0.39, 0.29) is 15.7 Å². The molecule has 1 heterocycles. The van der Waals surface area contributed by atoms with Crippen molar-refractivity contribution in [1.29, 1.82) is 0 Å². The Kier molecular flexibility index (Phi) is 5.31. The van der Waals surface area contributed by atoms with Gasteiger partial charge in [-0.2, -0.15) is 13.2 Å². The average molecular weight is 436 g/mol. The zero-order valence-corrected chi connectivity index (χ0v) is 15.0. The molecule has 0 unspecified atom stereocenters. The van der Waals surface area contributed by atoms with Crippen LogP contribution in [0.25, 0.3) is 5.69 Å². The highest BCUT2D eigenvalue weighted by Crippen LogP contribution is 2.37. The number of carbonyl (C=O) groups is 1. The zero-order chi connectivity index (χ0) is 20.6. The minimum absolute atomic E-state index is 0.105. The van der Waals surface area contributed by atoms with Crippen molar-refractivity contribution in [3.8, 4) is 5.69 Å². The van der Waals surface area contributed by atoms with Crippen LogP contribution in [-0.2, 0) is 6.18 Å². The lowest BCUT2D eigenvalue weighted by Crippen LogP contribution is -2.21. The van der Waals surface area contributed by atoms with Gasteiger partial charge >= 0.3 is 6.18 Å². The number of alkyl halides is 3. The van der Waals surface area contributed by atoms with Crippen LogP contribution in [0.1, 0.15) is 16.2 Å². The van der Waals surface area contributed by atoms with Gasteiger partial charge in [-0.25, -0.2) is 13.8 Å². The molecule has 146 valence electrons. The number of anilines is 1. The highest BCUT2D eigenvalue weighted by Gasteiger charge is 2.41. The summed E-state index contributed by atoms with van der Waals surface area (Å²) in [4.78, 5) is 15.8. The van der Waals surface area contributed by atoms with Gasteiger partial charge in [-0.1, -0.05) is 29.3 Å². The minimum Gasteiger partial charge on any atom is -0.318 e. The number of carbonyl (C=O) groups excluding carboxylic acids is 1. The summed E-state index contributed by atoms with van der Waals surface area (Å²) in [5, 5.41) is 1.73. The standard InChI is InChI=1S/C17H8Cl2F5N3O/c18-9-2-1-3-10(19)14(9)27-7-25-13(15(27)17(22,23)24)16(28)26-12-5-4-8(20)6-11(12)21/h1-7H,(H,26,28). The summed E-state index contributed by atoms with van der Waals surface area (Å²) in [5.74, 6) is -3.42. The maximum absolute atomic E-state index is 13.7. The van der Waals surface area contributed by atoms with E-state index in [1.165, 1.54) is 18.2 Å². The second-order valence-corrected chi connectivity index (χ2v) is 6.27. The zero-order valence-electron chi connectivity index (χ0n) is 13.5. The number of imidazole rings is 1.